The van der Waals surface area contributed by atoms with Crippen molar-refractivity contribution < 1.29 is 35.9 Å². The first-order chi connectivity index (χ1) is 14.0. The monoisotopic (exact) mass is 444 g/mol. The SMILES string of the molecule is CCCOC(=O)c1ccc(NS(=O)(=O)c2cccc(C(=O)NCC(F)(F)F)c2)cc1. The molecule has 0 heterocycles. The van der Waals surface area contributed by atoms with Crippen molar-refractivity contribution in [3.63, 3.8) is 0 Å². The van der Waals surface area contributed by atoms with Gasteiger partial charge in [-0.15, -0.1) is 0 Å². The molecule has 0 aliphatic carbocycles. The molecule has 30 heavy (non-hydrogen) atoms. The molecule has 0 saturated carbocycles. The van der Waals surface area contributed by atoms with Gasteiger partial charge in [-0.3, -0.25) is 9.52 Å². The number of halogens is 3. The average molecular weight is 444 g/mol. The molecule has 2 N–H and O–H groups in total. The maximum atomic E-state index is 12.5. The Balaban J connectivity index is 2.12. The second-order valence-corrected chi connectivity index (χ2v) is 7.83. The molecule has 2 aromatic rings. The minimum Gasteiger partial charge on any atom is -0.462 e. The molecule has 2 aromatic carbocycles. The van der Waals surface area contributed by atoms with Crippen LogP contribution in [0, 0.1) is 0 Å². The third-order valence-electron chi connectivity index (χ3n) is 3.67. The molecule has 0 aliphatic heterocycles. The Hall–Kier alpha value is -3.08. The molecular formula is C19H19F3N2O5S. The molecule has 0 bridgehead atoms. The van der Waals surface area contributed by atoms with E-state index in [0.717, 1.165) is 6.07 Å². The lowest BCUT2D eigenvalue weighted by molar-refractivity contribution is -0.123. The van der Waals surface area contributed by atoms with Crippen LogP contribution in [0.2, 0.25) is 0 Å². The summed E-state index contributed by atoms with van der Waals surface area (Å²) >= 11 is 0. The van der Waals surface area contributed by atoms with Gasteiger partial charge in [0.25, 0.3) is 15.9 Å². The third kappa shape index (κ3) is 6.76. The topological polar surface area (TPSA) is 102 Å². The van der Waals surface area contributed by atoms with Crippen molar-refractivity contribution in [1.82, 2.24) is 5.32 Å². The fourth-order valence-corrected chi connectivity index (χ4v) is 3.36. The van der Waals surface area contributed by atoms with Gasteiger partial charge in [0.15, 0.2) is 0 Å². The summed E-state index contributed by atoms with van der Waals surface area (Å²) in [4.78, 5) is 23.3. The lowest BCUT2D eigenvalue weighted by Crippen LogP contribution is -2.33. The first-order valence-corrected chi connectivity index (χ1v) is 10.2. The van der Waals surface area contributed by atoms with E-state index < -0.39 is 34.6 Å². The Bertz CT molecular complexity index is 1010. The molecule has 11 heteroatoms. The smallest absolute Gasteiger partial charge is 0.405 e. The van der Waals surface area contributed by atoms with Crippen LogP contribution in [0.5, 0.6) is 0 Å². The van der Waals surface area contributed by atoms with Gasteiger partial charge in [-0.2, -0.15) is 13.2 Å². The van der Waals surface area contributed by atoms with E-state index in [-0.39, 0.29) is 28.3 Å². The van der Waals surface area contributed by atoms with Gasteiger partial charge in [-0.1, -0.05) is 13.0 Å². The van der Waals surface area contributed by atoms with Crippen LogP contribution >= 0.6 is 0 Å². The zero-order valence-corrected chi connectivity index (χ0v) is 16.6. The molecule has 1 amide bonds. The van der Waals surface area contributed by atoms with Crippen LogP contribution in [0.3, 0.4) is 0 Å². The van der Waals surface area contributed by atoms with Gasteiger partial charge in [-0.25, -0.2) is 13.2 Å². The van der Waals surface area contributed by atoms with E-state index in [0.29, 0.717) is 6.42 Å². The number of rotatable bonds is 8. The van der Waals surface area contributed by atoms with Crippen molar-refractivity contribution in [3.05, 3.63) is 59.7 Å². The minimum atomic E-state index is -4.59. The van der Waals surface area contributed by atoms with Gasteiger partial charge < -0.3 is 10.1 Å². The van der Waals surface area contributed by atoms with Crippen LogP contribution in [0.15, 0.2) is 53.4 Å². The van der Waals surface area contributed by atoms with E-state index >= 15 is 0 Å². The molecule has 0 unspecified atom stereocenters. The second kappa shape index (κ2) is 9.61. The van der Waals surface area contributed by atoms with Gasteiger partial charge in [0, 0.05) is 11.3 Å². The highest BCUT2D eigenvalue weighted by atomic mass is 32.2. The normalized spacial score (nSPS) is 11.6. The summed E-state index contributed by atoms with van der Waals surface area (Å²) in [6, 6.07) is 10.1. The highest BCUT2D eigenvalue weighted by Gasteiger charge is 2.28. The van der Waals surface area contributed by atoms with E-state index in [2.05, 4.69) is 4.72 Å². The molecule has 0 atom stereocenters. The first kappa shape index (κ1) is 23.2. The van der Waals surface area contributed by atoms with E-state index in [1.54, 1.807) is 5.32 Å². The summed E-state index contributed by atoms with van der Waals surface area (Å²) in [7, 11) is -4.13. The Morgan fingerprint density at radius 2 is 1.70 bits per heavy atom. The Morgan fingerprint density at radius 1 is 1.03 bits per heavy atom. The number of carbonyl (C=O) groups is 2. The van der Waals surface area contributed by atoms with Crippen molar-refractivity contribution in [2.24, 2.45) is 0 Å². The predicted molar refractivity (Wildman–Crippen MR) is 103 cm³/mol. The van der Waals surface area contributed by atoms with Crippen molar-refractivity contribution in [2.75, 3.05) is 17.9 Å². The summed E-state index contributed by atoms with van der Waals surface area (Å²) in [5.74, 6) is -1.59. The van der Waals surface area contributed by atoms with Gasteiger partial charge in [-0.05, 0) is 48.9 Å². The van der Waals surface area contributed by atoms with Crippen LogP contribution in [0.25, 0.3) is 0 Å². The van der Waals surface area contributed by atoms with E-state index in [4.69, 9.17) is 4.74 Å². The highest BCUT2D eigenvalue weighted by molar-refractivity contribution is 7.92. The molecule has 0 spiro atoms. The van der Waals surface area contributed by atoms with Gasteiger partial charge in [0.05, 0.1) is 17.1 Å². The number of alkyl halides is 3. The highest BCUT2D eigenvalue weighted by Crippen LogP contribution is 2.19. The average Bonchev–Trinajstić information content (AvgIpc) is 2.70. The largest absolute Gasteiger partial charge is 0.462 e. The number of esters is 1. The number of sulfonamides is 1. The lowest BCUT2D eigenvalue weighted by Gasteiger charge is -2.11. The summed E-state index contributed by atoms with van der Waals surface area (Å²) < 4.78 is 69.0. The number of hydrogen-bond donors (Lipinski definition) is 2. The number of nitrogens with one attached hydrogen (secondary N) is 2. The quantitative estimate of drug-likeness (QED) is 0.608. The number of carbonyl (C=O) groups excluding carboxylic acids is 2. The molecule has 162 valence electrons. The summed E-state index contributed by atoms with van der Waals surface area (Å²) in [6.45, 7) is 0.578. The maximum Gasteiger partial charge on any atom is 0.405 e. The van der Waals surface area contributed by atoms with Crippen LogP contribution in [0.4, 0.5) is 18.9 Å². The predicted octanol–water partition coefficient (Wildman–Crippen LogP) is 3.35. The van der Waals surface area contributed by atoms with E-state index in [1.165, 1.54) is 42.5 Å². The van der Waals surface area contributed by atoms with Crippen LogP contribution in [0.1, 0.15) is 34.1 Å². The van der Waals surface area contributed by atoms with E-state index in [1.807, 2.05) is 6.92 Å². The standard InChI is InChI=1S/C19H19F3N2O5S/c1-2-10-29-18(26)13-6-8-15(9-7-13)24-30(27,28)16-5-3-4-14(11-16)17(25)23-12-19(20,21)22/h3-9,11,24H,2,10,12H2,1H3,(H,23,25). The van der Waals surface area contributed by atoms with Gasteiger partial charge >= 0.3 is 12.1 Å². The van der Waals surface area contributed by atoms with Crippen molar-refractivity contribution in [2.45, 2.75) is 24.4 Å². The molecule has 0 aliphatic rings. The van der Waals surface area contributed by atoms with Crippen LogP contribution in [-0.4, -0.2) is 39.6 Å². The summed E-state index contributed by atoms with van der Waals surface area (Å²) in [5, 5.41) is 1.68. The van der Waals surface area contributed by atoms with Crippen LogP contribution in [-0.2, 0) is 14.8 Å². The first-order valence-electron chi connectivity index (χ1n) is 8.77. The molecular weight excluding hydrogens is 425 g/mol. The Kier molecular flexibility index (Phi) is 7.43. The molecule has 0 aromatic heterocycles. The Labute approximate surface area is 171 Å². The number of amides is 1. The third-order valence-corrected chi connectivity index (χ3v) is 5.04. The zero-order chi connectivity index (χ0) is 22.4. The molecule has 0 saturated heterocycles. The summed E-state index contributed by atoms with van der Waals surface area (Å²) in [6.07, 6.45) is -3.92. The summed E-state index contributed by atoms with van der Waals surface area (Å²) in [5.41, 5.74) is 0.153. The lowest BCUT2D eigenvalue weighted by atomic mass is 10.2. The molecule has 2 rings (SSSR count). The van der Waals surface area contributed by atoms with E-state index in [9.17, 15) is 31.2 Å². The number of anilines is 1. The fraction of sp³-hybridized carbons (Fsp3) is 0.263. The van der Waals surface area contributed by atoms with Gasteiger partial charge in [0.1, 0.15) is 6.54 Å². The molecule has 0 radical (unpaired) electrons. The second-order valence-electron chi connectivity index (χ2n) is 6.14. The number of ether oxygens (including phenoxy) is 1. The maximum absolute atomic E-state index is 12.5. The van der Waals surface area contributed by atoms with Crippen molar-refractivity contribution >= 4 is 27.6 Å². The Morgan fingerprint density at radius 3 is 2.30 bits per heavy atom. The van der Waals surface area contributed by atoms with Gasteiger partial charge in [0.2, 0.25) is 0 Å². The fourth-order valence-electron chi connectivity index (χ4n) is 2.25. The molecule has 7 nitrogen and oxygen atoms in total. The zero-order valence-electron chi connectivity index (χ0n) is 15.8. The number of benzene rings is 2. The number of hydrogen-bond acceptors (Lipinski definition) is 5. The van der Waals surface area contributed by atoms with Crippen molar-refractivity contribution in [3.8, 4) is 0 Å². The van der Waals surface area contributed by atoms with Crippen molar-refractivity contribution in [1.29, 1.82) is 0 Å². The minimum absolute atomic E-state index is 0.147. The van der Waals surface area contributed by atoms with Crippen LogP contribution < -0.4 is 10.0 Å². The molecule has 0 fully saturated rings.